The van der Waals surface area contributed by atoms with Gasteiger partial charge in [0.1, 0.15) is 5.82 Å². The third-order valence-electron chi connectivity index (χ3n) is 2.25. The van der Waals surface area contributed by atoms with Crippen molar-refractivity contribution in [2.24, 2.45) is 0 Å². The first-order valence-corrected chi connectivity index (χ1v) is 4.57. The number of hydrogen-bond donors (Lipinski definition) is 1. The largest absolute Gasteiger partial charge is 0.310 e. The van der Waals surface area contributed by atoms with E-state index in [9.17, 15) is 4.79 Å². The summed E-state index contributed by atoms with van der Waals surface area (Å²) in [6.45, 7) is 1.96. The number of halogens is 1. The molecule has 1 aliphatic rings. The van der Waals surface area contributed by atoms with Gasteiger partial charge in [0.05, 0.1) is 5.92 Å². The van der Waals surface area contributed by atoms with Crippen molar-refractivity contribution in [2.75, 3.05) is 5.32 Å². The van der Waals surface area contributed by atoms with Gasteiger partial charge in [-0.15, -0.1) is 0 Å². The Hall–Kier alpha value is -1.09. The van der Waals surface area contributed by atoms with Crippen molar-refractivity contribution in [3.05, 3.63) is 22.8 Å². The fourth-order valence-corrected chi connectivity index (χ4v) is 1.88. The van der Waals surface area contributed by atoms with Crippen molar-refractivity contribution in [2.45, 2.75) is 19.3 Å². The summed E-state index contributed by atoms with van der Waals surface area (Å²) in [4.78, 5) is 15.5. The van der Waals surface area contributed by atoms with Gasteiger partial charge in [-0.05, 0) is 12.5 Å². The topological polar surface area (TPSA) is 42.0 Å². The standard InChI is InChI=1S/C9H9ClN2O/c1-2-5-7-6(10)3-4-11-8(7)12-9(5)13/h3-5H,2H2,1H3,(H,11,12,13). The molecule has 1 aliphatic heterocycles. The van der Waals surface area contributed by atoms with Gasteiger partial charge >= 0.3 is 0 Å². The number of carbonyl (C=O) groups is 1. The molecule has 2 heterocycles. The number of carbonyl (C=O) groups excluding carboxylic acids is 1. The van der Waals surface area contributed by atoms with Crippen LogP contribution in [0.4, 0.5) is 5.82 Å². The van der Waals surface area contributed by atoms with E-state index < -0.39 is 0 Å². The quantitative estimate of drug-likeness (QED) is 0.748. The van der Waals surface area contributed by atoms with Crippen LogP contribution < -0.4 is 5.32 Å². The molecule has 0 fully saturated rings. The third kappa shape index (κ3) is 1.20. The molecule has 0 aliphatic carbocycles. The second kappa shape index (κ2) is 3.00. The Bertz CT molecular complexity index is 365. The minimum atomic E-state index is -0.129. The fourth-order valence-electron chi connectivity index (χ4n) is 1.61. The van der Waals surface area contributed by atoms with E-state index in [0.29, 0.717) is 10.8 Å². The van der Waals surface area contributed by atoms with Crippen LogP contribution in [0.2, 0.25) is 5.02 Å². The first-order valence-electron chi connectivity index (χ1n) is 4.19. The van der Waals surface area contributed by atoms with E-state index in [2.05, 4.69) is 10.3 Å². The number of hydrogen-bond acceptors (Lipinski definition) is 2. The maximum absolute atomic E-state index is 11.4. The lowest BCUT2D eigenvalue weighted by Gasteiger charge is -2.05. The van der Waals surface area contributed by atoms with Crippen LogP contribution in [0.5, 0.6) is 0 Å². The van der Waals surface area contributed by atoms with Crippen molar-refractivity contribution >= 4 is 23.3 Å². The molecule has 1 aromatic heterocycles. The molecule has 0 aromatic carbocycles. The molecule has 1 N–H and O–H groups in total. The Balaban J connectivity index is 2.55. The average Bonchev–Trinajstić information content (AvgIpc) is 2.42. The van der Waals surface area contributed by atoms with Crippen LogP contribution in [0.3, 0.4) is 0 Å². The van der Waals surface area contributed by atoms with Gasteiger partial charge in [-0.25, -0.2) is 4.98 Å². The first-order chi connectivity index (χ1) is 6.24. The van der Waals surface area contributed by atoms with E-state index in [1.54, 1.807) is 12.3 Å². The van der Waals surface area contributed by atoms with E-state index in [4.69, 9.17) is 11.6 Å². The number of amides is 1. The van der Waals surface area contributed by atoms with Crippen molar-refractivity contribution < 1.29 is 4.79 Å². The summed E-state index contributed by atoms with van der Waals surface area (Å²) in [5, 5.41) is 3.33. The van der Waals surface area contributed by atoms with Crippen molar-refractivity contribution in [1.29, 1.82) is 0 Å². The predicted octanol–water partition coefficient (Wildman–Crippen LogP) is 2.18. The highest BCUT2D eigenvalue weighted by molar-refractivity contribution is 6.32. The lowest BCUT2D eigenvalue weighted by Crippen LogP contribution is -2.10. The molecule has 0 spiro atoms. The van der Waals surface area contributed by atoms with Crippen molar-refractivity contribution in [1.82, 2.24) is 4.98 Å². The number of fused-ring (bicyclic) bond motifs is 1. The van der Waals surface area contributed by atoms with Gasteiger partial charge in [0, 0.05) is 16.8 Å². The van der Waals surface area contributed by atoms with E-state index in [0.717, 1.165) is 12.0 Å². The average molecular weight is 197 g/mol. The van der Waals surface area contributed by atoms with Crippen LogP contribution in [0.25, 0.3) is 0 Å². The fraction of sp³-hybridized carbons (Fsp3) is 0.333. The van der Waals surface area contributed by atoms with Crippen LogP contribution in [0, 0.1) is 0 Å². The van der Waals surface area contributed by atoms with E-state index >= 15 is 0 Å². The summed E-state index contributed by atoms with van der Waals surface area (Å²) >= 11 is 5.98. The van der Waals surface area contributed by atoms with Gasteiger partial charge in [0.2, 0.25) is 5.91 Å². The first kappa shape index (κ1) is 8.51. The minimum absolute atomic E-state index is 0.00176. The van der Waals surface area contributed by atoms with Crippen LogP contribution in [0.15, 0.2) is 12.3 Å². The number of aromatic nitrogens is 1. The third-order valence-corrected chi connectivity index (χ3v) is 2.58. The lowest BCUT2D eigenvalue weighted by molar-refractivity contribution is -0.117. The zero-order valence-corrected chi connectivity index (χ0v) is 7.93. The number of nitrogens with zero attached hydrogens (tertiary/aromatic N) is 1. The Morgan fingerprint density at radius 1 is 1.69 bits per heavy atom. The molecule has 1 amide bonds. The Labute approximate surface area is 81.1 Å². The smallest absolute Gasteiger partial charge is 0.233 e. The van der Waals surface area contributed by atoms with Gasteiger partial charge in [0.15, 0.2) is 0 Å². The van der Waals surface area contributed by atoms with Crippen LogP contribution in [-0.2, 0) is 4.79 Å². The summed E-state index contributed by atoms with van der Waals surface area (Å²) < 4.78 is 0. The van der Waals surface area contributed by atoms with Gasteiger partial charge in [-0.3, -0.25) is 4.79 Å². The van der Waals surface area contributed by atoms with Gasteiger partial charge in [0.25, 0.3) is 0 Å². The predicted molar refractivity (Wildman–Crippen MR) is 50.9 cm³/mol. The van der Waals surface area contributed by atoms with Crippen molar-refractivity contribution in [3.63, 3.8) is 0 Å². The maximum atomic E-state index is 11.4. The van der Waals surface area contributed by atoms with Gasteiger partial charge in [-0.2, -0.15) is 0 Å². The van der Waals surface area contributed by atoms with Crippen molar-refractivity contribution in [3.8, 4) is 0 Å². The molecule has 3 nitrogen and oxygen atoms in total. The maximum Gasteiger partial charge on any atom is 0.233 e. The monoisotopic (exact) mass is 196 g/mol. The van der Waals surface area contributed by atoms with E-state index in [-0.39, 0.29) is 11.8 Å². The molecular formula is C9H9ClN2O. The van der Waals surface area contributed by atoms with Gasteiger partial charge in [-0.1, -0.05) is 18.5 Å². The molecule has 13 heavy (non-hydrogen) atoms. The zero-order chi connectivity index (χ0) is 9.42. The van der Waals surface area contributed by atoms with Gasteiger partial charge < -0.3 is 5.32 Å². The molecule has 1 atom stereocenters. The van der Waals surface area contributed by atoms with Crippen LogP contribution >= 0.6 is 11.6 Å². The molecule has 68 valence electrons. The highest BCUT2D eigenvalue weighted by Crippen LogP contribution is 2.37. The molecule has 1 unspecified atom stereocenters. The minimum Gasteiger partial charge on any atom is -0.310 e. The molecule has 4 heteroatoms. The second-order valence-corrected chi connectivity index (χ2v) is 3.41. The summed E-state index contributed by atoms with van der Waals surface area (Å²) in [5.41, 5.74) is 0.844. The Morgan fingerprint density at radius 3 is 3.15 bits per heavy atom. The van der Waals surface area contributed by atoms with Crippen LogP contribution in [0.1, 0.15) is 24.8 Å². The summed E-state index contributed by atoms with van der Waals surface area (Å²) in [5.74, 6) is 0.485. The SMILES string of the molecule is CCC1C(=O)Nc2nccc(Cl)c21. The number of rotatable bonds is 1. The van der Waals surface area contributed by atoms with Crippen LogP contribution in [-0.4, -0.2) is 10.9 Å². The molecule has 0 saturated carbocycles. The molecular weight excluding hydrogens is 188 g/mol. The molecule has 1 aromatic rings. The number of pyridine rings is 1. The summed E-state index contributed by atoms with van der Waals surface area (Å²) in [6, 6.07) is 1.71. The number of anilines is 1. The summed E-state index contributed by atoms with van der Waals surface area (Å²) in [7, 11) is 0. The molecule has 2 rings (SSSR count). The molecule has 0 bridgehead atoms. The second-order valence-electron chi connectivity index (χ2n) is 3.01. The lowest BCUT2D eigenvalue weighted by atomic mass is 10.00. The zero-order valence-electron chi connectivity index (χ0n) is 7.17. The highest BCUT2D eigenvalue weighted by Gasteiger charge is 2.31. The van der Waals surface area contributed by atoms with E-state index in [1.807, 2.05) is 6.92 Å². The highest BCUT2D eigenvalue weighted by atomic mass is 35.5. The molecule has 0 saturated heterocycles. The molecule has 0 radical (unpaired) electrons. The Kier molecular flexibility index (Phi) is 1.96. The van der Waals surface area contributed by atoms with E-state index in [1.165, 1.54) is 0 Å². The summed E-state index contributed by atoms with van der Waals surface area (Å²) in [6.07, 6.45) is 2.35. The number of nitrogens with one attached hydrogen (secondary N) is 1. The normalized spacial score (nSPS) is 19.8. The Morgan fingerprint density at radius 2 is 2.46 bits per heavy atom.